The molecule has 2 rings (SSSR count). The van der Waals surface area contributed by atoms with Gasteiger partial charge >= 0.3 is 6.18 Å². The Labute approximate surface area is 164 Å². The van der Waals surface area contributed by atoms with E-state index in [1.54, 1.807) is 12.1 Å². The Morgan fingerprint density at radius 2 is 1.66 bits per heavy atom. The lowest BCUT2D eigenvalue weighted by atomic mass is 10.0. The van der Waals surface area contributed by atoms with Crippen molar-refractivity contribution in [2.75, 3.05) is 12.4 Å². The summed E-state index contributed by atoms with van der Waals surface area (Å²) in [6.07, 6.45) is -4.54. The van der Waals surface area contributed by atoms with Crippen LogP contribution in [-0.2, 0) is 6.18 Å². The molecule has 0 fully saturated rings. The second-order valence-corrected chi connectivity index (χ2v) is 5.92. The van der Waals surface area contributed by atoms with Gasteiger partial charge in [-0.1, -0.05) is 18.2 Å². The van der Waals surface area contributed by atoms with Gasteiger partial charge in [0.2, 0.25) is 0 Å². The van der Waals surface area contributed by atoms with Gasteiger partial charge in [-0.3, -0.25) is 15.2 Å². The molecule has 10 heteroatoms. The zero-order valence-corrected chi connectivity index (χ0v) is 15.3. The van der Waals surface area contributed by atoms with Gasteiger partial charge in [-0.25, -0.2) is 0 Å². The van der Waals surface area contributed by atoms with Crippen LogP contribution in [0.1, 0.15) is 21.5 Å². The molecule has 0 saturated carbocycles. The van der Waals surface area contributed by atoms with Crippen molar-refractivity contribution < 1.29 is 18.0 Å². The van der Waals surface area contributed by atoms with E-state index in [4.69, 9.17) is 22.6 Å². The standard InChI is InChI=1S/C19H19F3N6O/c1-27-17(26)14(16(24)25)15(23)10-5-7-13(8-6-10)28-18(29)11-3-2-4-12(9-11)19(20,21)22/h2-9H,23H2,1H3,(H3,24,25)(H2,26,27)(H,28,29). The Bertz CT molecular complexity index is 994. The van der Waals surface area contributed by atoms with Gasteiger partial charge in [0.05, 0.1) is 16.8 Å². The van der Waals surface area contributed by atoms with Crippen LogP contribution in [0.15, 0.2) is 59.1 Å². The Morgan fingerprint density at radius 1 is 1.03 bits per heavy atom. The number of hydrogen-bond donors (Lipinski definition) is 5. The second-order valence-electron chi connectivity index (χ2n) is 5.92. The highest BCUT2D eigenvalue weighted by Gasteiger charge is 2.30. The minimum Gasteiger partial charge on any atom is -0.398 e. The van der Waals surface area contributed by atoms with E-state index in [0.717, 1.165) is 18.2 Å². The maximum absolute atomic E-state index is 12.8. The average molecular weight is 404 g/mol. The topological polar surface area (TPSA) is 143 Å². The first-order valence-electron chi connectivity index (χ1n) is 8.20. The number of nitrogens with one attached hydrogen (secondary N) is 2. The third-order valence-electron chi connectivity index (χ3n) is 3.94. The maximum atomic E-state index is 12.8. The summed E-state index contributed by atoms with van der Waals surface area (Å²) in [5.74, 6) is -1.05. The summed E-state index contributed by atoms with van der Waals surface area (Å²) < 4.78 is 38.4. The molecule has 0 heterocycles. The lowest BCUT2D eigenvalue weighted by molar-refractivity contribution is -0.137. The Morgan fingerprint density at radius 3 is 2.17 bits per heavy atom. The van der Waals surface area contributed by atoms with E-state index in [0.29, 0.717) is 11.3 Å². The number of amides is 1. The number of amidine groups is 2. The van der Waals surface area contributed by atoms with Gasteiger partial charge in [0.1, 0.15) is 11.7 Å². The van der Waals surface area contributed by atoms with Gasteiger partial charge in [0.25, 0.3) is 5.91 Å². The van der Waals surface area contributed by atoms with Crippen LogP contribution in [0.3, 0.4) is 0 Å². The van der Waals surface area contributed by atoms with Crippen LogP contribution < -0.4 is 22.5 Å². The molecular formula is C19H19F3N6O. The number of carbonyl (C=O) groups is 1. The average Bonchev–Trinajstić information content (AvgIpc) is 2.67. The van der Waals surface area contributed by atoms with Crippen LogP contribution in [0.2, 0.25) is 0 Å². The Balaban J connectivity index is 2.25. The van der Waals surface area contributed by atoms with Crippen molar-refractivity contribution in [3.63, 3.8) is 0 Å². The first-order valence-corrected chi connectivity index (χ1v) is 8.20. The summed E-state index contributed by atoms with van der Waals surface area (Å²) >= 11 is 0. The number of nitrogens with zero attached hydrogens (tertiary/aromatic N) is 1. The Hall–Kier alpha value is -3.82. The first kappa shape index (κ1) is 21.5. The van der Waals surface area contributed by atoms with Crippen molar-refractivity contribution >= 4 is 29.0 Å². The van der Waals surface area contributed by atoms with E-state index >= 15 is 0 Å². The molecule has 0 bridgehead atoms. The number of halogens is 3. The van der Waals surface area contributed by atoms with Gasteiger partial charge in [-0.2, -0.15) is 13.2 Å². The predicted molar refractivity (Wildman–Crippen MR) is 106 cm³/mol. The number of benzene rings is 2. The van der Waals surface area contributed by atoms with Gasteiger partial charge in [-0.15, -0.1) is 0 Å². The molecule has 1 amide bonds. The summed E-state index contributed by atoms with van der Waals surface area (Å²) in [6.45, 7) is 0. The molecule has 0 aliphatic rings. The highest BCUT2D eigenvalue weighted by Crippen LogP contribution is 2.29. The normalized spacial score (nSPS) is 12.9. The van der Waals surface area contributed by atoms with Crippen LogP contribution in [0.5, 0.6) is 0 Å². The van der Waals surface area contributed by atoms with Crippen molar-refractivity contribution in [3.8, 4) is 0 Å². The summed E-state index contributed by atoms with van der Waals surface area (Å²) in [4.78, 5) is 16.0. The van der Waals surface area contributed by atoms with Crippen LogP contribution in [-0.4, -0.2) is 24.6 Å². The molecule has 0 atom stereocenters. The highest BCUT2D eigenvalue weighted by atomic mass is 19.4. The zero-order valence-electron chi connectivity index (χ0n) is 15.3. The largest absolute Gasteiger partial charge is 0.416 e. The van der Waals surface area contributed by atoms with Gasteiger partial charge in [0.15, 0.2) is 0 Å². The fraction of sp³-hybridized carbons (Fsp3) is 0.105. The highest BCUT2D eigenvalue weighted by molar-refractivity contribution is 6.25. The molecule has 7 nitrogen and oxygen atoms in total. The number of carbonyl (C=O) groups excluding carboxylic acids is 1. The third kappa shape index (κ3) is 5.12. The van der Waals surface area contributed by atoms with E-state index < -0.39 is 17.6 Å². The molecule has 0 unspecified atom stereocenters. The molecule has 152 valence electrons. The van der Waals surface area contributed by atoms with Gasteiger partial charge in [-0.05, 0) is 35.9 Å². The Kier molecular flexibility index (Phi) is 6.27. The quantitative estimate of drug-likeness (QED) is 0.385. The molecular weight excluding hydrogens is 385 g/mol. The van der Waals surface area contributed by atoms with E-state index in [2.05, 4.69) is 10.3 Å². The lowest BCUT2D eigenvalue weighted by Crippen LogP contribution is -2.29. The van der Waals surface area contributed by atoms with Crippen molar-refractivity contribution in [2.24, 2.45) is 22.2 Å². The molecule has 0 aliphatic carbocycles. The van der Waals surface area contributed by atoms with E-state index in [-0.39, 0.29) is 28.5 Å². The number of anilines is 1. The minimum atomic E-state index is -4.54. The fourth-order valence-electron chi connectivity index (χ4n) is 2.45. The number of rotatable bonds is 5. The van der Waals surface area contributed by atoms with Crippen LogP contribution in [0, 0.1) is 5.41 Å². The SMILES string of the molecule is CN=C(N)C(C(=N)N)=C(N)c1ccc(NC(=O)c2cccc(C(F)(F)F)c2)cc1. The summed E-state index contributed by atoms with van der Waals surface area (Å²) in [6, 6.07) is 10.2. The van der Waals surface area contributed by atoms with E-state index in [9.17, 15) is 18.0 Å². The molecule has 0 aliphatic heterocycles. The molecule has 0 aromatic heterocycles. The minimum absolute atomic E-state index is 0.00285. The lowest BCUT2D eigenvalue weighted by Gasteiger charge is -2.12. The number of nitrogens with two attached hydrogens (primary N) is 3. The van der Waals surface area contributed by atoms with Crippen molar-refractivity contribution in [3.05, 3.63) is 70.8 Å². The van der Waals surface area contributed by atoms with Crippen molar-refractivity contribution in [1.29, 1.82) is 5.41 Å². The molecule has 8 N–H and O–H groups in total. The summed E-state index contributed by atoms with van der Waals surface area (Å²) in [7, 11) is 1.43. The fourth-order valence-corrected chi connectivity index (χ4v) is 2.45. The number of aliphatic imine (C=N–C) groups is 1. The molecule has 29 heavy (non-hydrogen) atoms. The predicted octanol–water partition coefficient (Wildman–Crippen LogP) is 2.55. The summed E-state index contributed by atoms with van der Waals surface area (Å²) in [5.41, 5.74) is 17.2. The third-order valence-corrected chi connectivity index (χ3v) is 3.94. The second kappa shape index (κ2) is 8.46. The summed E-state index contributed by atoms with van der Waals surface area (Å²) in [5, 5.41) is 10.1. The van der Waals surface area contributed by atoms with E-state index in [1.165, 1.54) is 25.2 Å². The van der Waals surface area contributed by atoms with Crippen LogP contribution in [0.25, 0.3) is 5.70 Å². The monoisotopic (exact) mass is 404 g/mol. The molecule has 0 spiro atoms. The van der Waals surface area contributed by atoms with Crippen LogP contribution in [0.4, 0.5) is 18.9 Å². The first-order chi connectivity index (χ1) is 13.5. The van der Waals surface area contributed by atoms with Crippen molar-refractivity contribution in [1.82, 2.24) is 0 Å². The van der Waals surface area contributed by atoms with Crippen molar-refractivity contribution in [2.45, 2.75) is 6.18 Å². The molecule has 2 aromatic carbocycles. The number of alkyl halides is 3. The zero-order chi connectivity index (χ0) is 21.8. The molecule has 0 radical (unpaired) electrons. The molecule has 2 aromatic rings. The van der Waals surface area contributed by atoms with Gasteiger partial charge in [0, 0.05) is 18.3 Å². The van der Waals surface area contributed by atoms with E-state index in [1.807, 2.05) is 0 Å². The van der Waals surface area contributed by atoms with Crippen LogP contribution >= 0.6 is 0 Å². The molecule has 0 saturated heterocycles. The number of hydrogen-bond acceptors (Lipinski definition) is 4. The maximum Gasteiger partial charge on any atom is 0.416 e. The smallest absolute Gasteiger partial charge is 0.398 e. The van der Waals surface area contributed by atoms with Gasteiger partial charge < -0.3 is 22.5 Å².